The quantitative estimate of drug-likeness (QED) is 0.298. The number of imidazole rings is 1. The van der Waals surface area contributed by atoms with Crippen LogP contribution in [0.3, 0.4) is 0 Å². The molecule has 0 spiro atoms. The highest BCUT2D eigenvalue weighted by molar-refractivity contribution is 9.10. The Bertz CT molecular complexity index is 1270. The average molecular weight is 401 g/mol. The van der Waals surface area contributed by atoms with Gasteiger partial charge in [0.1, 0.15) is 5.82 Å². The third-order valence-corrected chi connectivity index (χ3v) is 5.57. The summed E-state index contributed by atoms with van der Waals surface area (Å²) in [7, 11) is 0. The van der Waals surface area contributed by atoms with Crippen LogP contribution in [0.4, 0.5) is 0 Å². The van der Waals surface area contributed by atoms with E-state index >= 15 is 0 Å². The van der Waals surface area contributed by atoms with Gasteiger partial charge in [0, 0.05) is 27.4 Å². The smallest absolute Gasteiger partial charge is 0.141 e. The molecule has 1 aromatic heterocycles. The van der Waals surface area contributed by atoms with Crippen molar-refractivity contribution < 1.29 is 0 Å². The Morgan fingerprint density at radius 1 is 0.769 bits per heavy atom. The summed E-state index contributed by atoms with van der Waals surface area (Å²) in [6.45, 7) is 3.07. The van der Waals surface area contributed by atoms with Gasteiger partial charge in [0.2, 0.25) is 0 Å². The average Bonchev–Trinajstić information content (AvgIpc) is 3.09. The van der Waals surface area contributed by atoms with E-state index in [1.807, 2.05) is 0 Å². The number of fused-ring (bicyclic) bond motifs is 6. The summed E-state index contributed by atoms with van der Waals surface area (Å²) in [5.74, 6) is 1.02. The fraction of sp³-hybridized carbons (Fsp3) is 0.0870. The second-order valence-electron chi connectivity index (χ2n) is 6.47. The number of benzene rings is 4. The molecule has 3 heteroatoms. The Hall–Kier alpha value is -2.65. The predicted molar refractivity (Wildman–Crippen MR) is 114 cm³/mol. The Labute approximate surface area is 160 Å². The third kappa shape index (κ3) is 2.20. The number of halogens is 1. The number of hydrogen-bond donors (Lipinski definition) is 0. The van der Waals surface area contributed by atoms with Crippen LogP contribution in [0.15, 0.2) is 77.3 Å². The van der Waals surface area contributed by atoms with Crippen LogP contribution in [-0.2, 0) is 6.54 Å². The zero-order valence-electron chi connectivity index (χ0n) is 14.4. The van der Waals surface area contributed by atoms with Gasteiger partial charge in [0.15, 0.2) is 0 Å². The molecule has 0 atom stereocenters. The second-order valence-corrected chi connectivity index (χ2v) is 7.39. The van der Waals surface area contributed by atoms with Crippen LogP contribution in [0.2, 0.25) is 0 Å². The number of aromatic nitrogens is 2. The van der Waals surface area contributed by atoms with Gasteiger partial charge in [-0.1, -0.05) is 76.6 Å². The highest BCUT2D eigenvalue weighted by Gasteiger charge is 2.17. The molecule has 26 heavy (non-hydrogen) atoms. The summed E-state index contributed by atoms with van der Waals surface area (Å²) in [6.07, 6.45) is 0. The van der Waals surface area contributed by atoms with E-state index in [4.69, 9.17) is 4.98 Å². The van der Waals surface area contributed by atoms with Crippen LogP contribution in [0.5, 0.6) is 0 Å². The predicted octanol–water partition coefficient (Wildman–Crippen LogP) is 6.79. The van der Waals surface area contributed by atoms with Crippen LogP contribution in [0.25, 0.3) is 44.0 Å². The van der Waals surface area contributed by atoms with E-state index in [0.717, 1.165) is 27.9 Å². The summed E-state index contributed by atoms with van der Waals surface area (Å²) in [5.41, 5.74) is 3.44. The van der Waals surface area contributed by atoms with Crippen LogP contribution >= 0.6 is 15.9 Å². The lowest BCUT2D eigenvalue weighted by Crippen LogP contribution is -1.98. The summed E-state index contributed by atoms with van der Waals surface area (Å²) in [4.78, 5) is 5.11. The molecule has 4 aromatic carbocycles. The molecule has 5 aromatic rings. The summed E-state index contributed by atoms with van der Waals surface area (Å²) < 4.78 is 3.42. The van der Waals surface area contributed by atoms with Crippen molar-refractivity contribution >= 4 is 48.5 Å². The molecule has 0 radical (unpaired) electrons. The fourth-order valence-corrected chi connectivity index (χ4v) is 4.15. The van der Waals surface area contributed by atoms with Crippen LogP contribution in [0, 0.1) is 0 Å². The molecule has 0 saturated heterocycles. The highest BCUT2D eigenvalue weighted by atomic mass is 79.9. The molecule has 126 valence electrons. The maximum absolute atomic E-state index is 5.11. The van der Waals surface area contributed by atoms with Crippen molar-refractivity contribution in [2.45, 2.75) is 13.5 Å². The molecule has 0 unspecified atom stereocenters. The van der Waals surface area contributed by atoms with E-state index in [1.165, 1.54) is 27.1 Å². The van der Waals surface area contributed by atoms with Gasteiger partial charge in [-0.3, -0.25) is 0 Å². The van der Waals surface area contributed by atoms with Gasteiger partial charge in [0.05, 0.1) is 11.0 Å². The molecule has 0 amide bonds. The van der Waals surface area contributed by atoms with Crippen LogP contribution in [-0.4, -0.2) is 9.55 Å². The van der Waals surface area contributed by atoms with E-state index in [-0.39, 0.29) is 0 Å². The summed E-state index contributed by atoms with van der Waals surface area (Å²) in [6, 6.07) is 25.6. The standard InChI is InChI=1S/C23H17BrN2/c1-2-26-22-20-10-6-4-8-18(20)17-7-3-5-9-19(17)21(22)25-23(26)15-11-13-16(24)14-12-15/h3-14H,2H2,1H3. The molecule has 0 fully saturated rings. The normalized spacial score (nSPS) is 11.6. The van der Waals surface area contributed by atoms with Gasteiger partial charge >= 0.3 is 0 Å². The van der Waals surface area contributed by atoms with E-state index in [1.54, 1.807) is 0 Å². The van der Waals surface area contributed by atoms with Gasteiger partial charge in [-0.15, -0.1) is 0 Å². The summed E-state index contributed by atoms with van der Waals surface area (Å²) >= 11 is 3.53. The molecular weight excluding hydrogens is 384 g/mol. The molecule has 0 aliphatic rings. The fourth-order valence-electron chi connectivity index (χ4n) is 3.89. The van der Waals surface area contributed by atoms with Gasteiger partial charge in [-0.2, -0.15) is 0 Å². The Balaban J connectivity index is 2.00. The van der Waals surface area contributed by atoms with Gasteiger partial charge in [0.25, 0.3) is 0 Å². The summed E-state index contributed by atoms with van der Waals surface area (Å²) in [5, 5.41) is 5.02. The second kappa shape index (κ2) is 5.96. The topological polar surface area (TPSA) is 17.8 Å². The SMILES string of the molecule is CCn1c(-c2ccc(Br)cc2)nc2c3ccccc3c3ccccc3c21. The number of aryl methyl sites for hydroxylation is 1. The third-order valence-electron chi connectivity index (χ3n) is 5.04. The van der Waals surface area contributed by atoms with Crippen molar-refractivity contribution in [3.8, 4) is 11.4 Å². The first-order valence-electron chi connectivity index (χ1n) is 8.83. The van der Waals surface area contributed by atoms with E-state index in [0.29, 0.717) is 0 Å². The first kappa shape index (κ1) is 15.6. The molecule has 0 N–H and O–H groups in total. The van der Waals surface area contributed by atoms with Crippen molar-refractivity contribution in [1.82, 2.24) is 9.55 Å². The lowest BCUT2D eigenvalue weighted by atomic mass is 10.00. The Morgan fingerprint density at radius 2 is 1.35 bits per heavy atom. The minimum atomic E-state index is 0.879. The lowest BCUT2D eigenvalue weighted by molar-refractivity contribution is 0.798. The van der Waals surface area contributed by atoms with Gasteiger partial charge < -0.3 is 4.57 Å². The van der Waals surface area contributed by atoms with Crippen molar-refractivity contribution in [2.75, 3.05) is 0 Å². The molecule has 5 rings (SSSR count). The van der Waals surface area contributed by atoms with Gasteiger partial charge in [-0.25, -0.2) is 4.98 Å². The minimum Gasteiger partial charge on any atom is -0.324 e. The van der Waals surface area contributed by atoms with E-state index < -0.39 is 0 Å². The molecule has 0 bridgehead atoms. The lowest BCUT2D eigenvalue weighted by Gasteiger charge is -2.10. The molecule has 1 heterocycles. The van der Waals surface area contributed by atoms with Crippen molar-refractivity contribution in [1.29, 1.82) is 0 Å². The van der Waals surface area contributed by atoms with Gasteiger partial charge in [-0.05, 0) is 29.8 Å². The van der Waals surface area contributed by atoms with Crippen molar-refractivity contribution in [3.63, 3.8) is 0 Å². The largest absolute Gasteiger partial charge is 0.324 e. The van der Waals surface area contributed by atoms with Crippen LogP contribution in [0.1, 0.15) is 6.92 Å². The molecular formula is C23H17BrN2. The molecule has 2 nitrogen and oxygen atoms in total. The minimum absolute atomic E-state index is 0.879. The van der Waals surface area contributed by atoms with E-state index in [9.17, 15) is 0 Å². The van der Waals surface area contributed by atoms with Crippen molar-refractivity contribution in [2.24, 2.45) is 0 Å². The van der Waals surface area contributed by atoms with Crippen molar-refractivity contribution in [3.05, 3.63) is 77.3 Å². The number of rotatable bonds is 2. The first-order valence-corrected chi connectivity index (χ1v) is 9.63. The van der Waals surface area contributed by atoms with Crippen LogP contribution < -0.4 is 0 Å². The van der Waals surface area contributed by atoms with E-state index in [2.05, 4.69) is 100 Å². The molecule has 0 saturated carbocycles. The zero-order chi connectivity index (χ0) is 17.7. The Morgan fingerprint density at radius 3 is 2.00 bits per heavy atom. The zero-order valence-corrected chi connectivity index (χ0v) is 16.0. The maximum Gasteiger partial charge on any atom is 0.141 e. The monoisotopic (exact) mass is 400 g/mol. The first-order chi connectivity index (χ1) is 12.8. The molecule has 0 aliphatic heterocycles. The number of nitrogens with zero attached hydrogens (tertiary/aromatic N) is 2. The molecule has 0 aliphatic carbocycles. The Kier molecular flexibility index (Phi) is 3.57. The highest BCUT2D eigenvalue weighted by Crippen LogP contribution is 2.37. The number of hydrogen-bond acceptors (Lipinski definition) is 1. The maximum atomic E-state index is 5.11.